The first-order valence-corrected chi connectivity index (χ1v) is 10.8. The number of aromatic nitrogens is 2. The van der Waals surface area contributed by atoms with Crippen LogP contribution in [0.4, 0.5) is 5.69 Å². The van der Waals surface area contributed by atoms with E-state index < -0.39 is 5.97 Å². The van der Waals surface area contributed by atoms with Crippen LogP contribution in [0.25, 0.3) is 22.3 Å². The Balaban J connectivity index is 1.46. The second-order valence-corrected chi connectivity index (χ2v) is 7.87. The van der Waals surface area contributed by atoms with Crippen LogP contribution in [0.3, 0.4) is 0 Å². The van der Waals surface area contributed by atoms with Crippen molar-refractivity contribution < 1.29 is 14.3 Å². The number of likely N-dealkylation sites (N-methyl/N-ethyl adjacent to an activating group) is 1. The molecular formula is C25H21N3O3S. The van der Waals surface area contributed by atoms with Crippen LogP contribution in [0.2, 0.25) is 0 Å². The van der Waals surface area contributed by atoms with Crippen molar-refractivity contribution in [1.29, 1.82) is 0 Å². The molecule has 0 saturated carbocycles. The Morgan fingerprint density at radius 1 is 1.03 bits per heavy atom. The van der Waals surface area contributed by atoms with Gasteiger partial charge in [0.25, 0.3) is 5.91 Å². The minimum atomic E-state index is -0.593. The van der Waals surface area contributed by atoms with E-state index in [1.807, 2.05) is 84.4 Å². The van der Waals surface area contributed by atoms with Crippen LogP contribution in [-0.2, 0) is 14.3 Å². The molecule has 6 nitrogen and oxygen atoms in total. The summed E-state index contributed by atoms with van der Waals surface area (Å²) in [5, 5.41) is 6.67. The first-order valence-electron chi connectivity index (χ1n) is 9.97. The highest BCUT2D eigenvalue weighted by molar-refractivity contribution is 7.13. The van der Waals surface area contributed by atoms with E-state index in [-0.39, 0.29) is 12.5 Å². The molecule has 0 radical (unpaired) electrons. The van der Waals surface area contributed by atoms with E-state index in [4.69, 9.17) is 9.84 Å². The van der Waals surface area contributed by atoms with Gasteiger partial charge in [0.05, 0.1) is 10.6 Å². The number of nitrogens with zero attached hydrogens (tertiary/aromatic N) is 3. The molecule has 0 aliphatic heterocycles. The first kappa shape index (κ1) is 21.3. The molecule has 0 N–H and O–H groups in total. The Morgan fingerprint density at radius 2 is 1.75 bits per heavy atom. The Bertz CT molecular complexity index is 1220. The molecule has 0 atom stereocenters. The number of anilines is 1. The lowest BCUT2D eigenvalue weighted by atomic mass is 10.2. The molecule has 7 heteroatoms. The number of benzene rings is 2. The molecule has 0 fully saturated rings. The van der Waals surface area contributed by atoms with Crippen molar-refractivity contribution >= 4 is 35.0 Å². The van der Waals surface area contributed by atoms with Crippen LogP contribution in [0.5, 0.6) is 0 Å². The van der Waals surface area contributed by atoms with E-state index >= 15 is 0 Å². The molecule has 0 aliphatic rings. The zero-order chi connectivity index (χ0) is 22.3. The molecule has 0 aliphatic carbocycles. The van der Waals surface area contributed by atoms with E-state index in [0.29, 0.717) is 0 Å². The zero-order valence-corrected chi connectivity index (χ0v) is 18.2. The van der Waals surface area contributed by atoms with Crippen molar-refractivity contribution in [3.05, 3.63) is 96.0 Å². The molecule has 4 aromatic rings. The summed E-state index contributed by atoms with van der Waals surface area (Å²) in [6.45, 7) is -0.338. The molecule has 0 spiro atoms. The molecule has 0 bridgehead atoms. The summed E-state index contributed by atoms with van der Waals surface area (Å²) in [7, 11) is 1.65. The number of ether oxygens (including phenoxy) is 1. The number of carbonyl (C=O) groups is 2. The van der Waals surface area contributed by atoms with Crippen molar-refractivity contribution in [2.75, 3.05) is 18.6 Å². The van der Waals surface area contributed by atoms with Gasteiger partial charge in [-0.2, -0.15) is 5.10 Å². The summed E-state index contributed by atoms with van der Waals surface area (Å²) in [6, 6.07) is 22.9. The zero-order valence-electron chi connectivity index (χ0n) is 17.4. The van der Waals surface area contributed by atoms with Gasteiger partial charge in [-0.05, 0) is 41.8 Å². The van der Waals surface area contributed by atoms with Crippen LogP contribution in [0.1, 0.15) is 5.56 Å². The van der Waals surface area contributed by atoms with E-state index in [1.165, 1.54) is 11.0 Å². The van der Waals surface area contributed by atoms with Gasteiger partial charge in [-0.1, -0.05) is 42.5 Å². The van der Waals surface area contributed by atoms with Crippen LogP contribution in [0.15, 0.2) is 90.4 Å². The number of para-hydroxylation sites is 2. The summed E-state index contributed by atoms with van der Waals surface area (Å²) in [5.74, 6) is -0.904. The normalized spacial score (nSPS) is 10.9. The molecule has 1 amide bonds. The molecule has 2 aromatic carbocycles. The van der Waals surface area contributed by atoms with E-state index in [9.17, 15) is 9.59 Å². The van der Waals surface area contributed by atoms with Crippen molar-refractivity contribution in [3.63, 3.8) is 0 Å². The average Bonchev–Trinajstić information content (AvgIpc) is 3.52. The Labute approximate surface area is 190 Å². The lowest BCUT2D eigenvalue weighted by molar-refractivity contribution is -0.142. The Hall–Kier alpha value is -3.97. The van der Waals surface area contributed by atoms with Gasteiger partial charge < -0.3 is 9.64 Å². The van der Waals surface area contributed by atoms with Crippen molar-refractivity contribution in [2.45, 2.75) is 0 Å². The van der Waals surface area contributed by atoms with Crippen LogP contribution in [0, 0.1) is 0 Å². The smallest absolute Gasteiger partial charge is 0.331 e. The lowest BCUT2D eigenvalue weighted by Crippen LogP contribution is -2.30. The molecule has 2 heterocycles. The summed E-state index contributed by atoms with van der Waals surface area (Å²) >= 11 is 1.57. The van der Waals surface area contributed by atoms with E-state index in [1.54, 1.807) is 29.1 Å². The number of hydrogen-bond donors (Lipinski definition) is 0. The predicted molar refractivity (Wildman–Crippen MR) is 127 cm³/mol. The standard InChI is InChI=1S/C25H21N3O3S/c1-27(20-9-4-2-5-10-20)23(29)18-31-24(30)15-14-19-17-28(21-11-6-3-7-12-21)26-25(19)22-13-8-16-32-22/h2-17H,18H2,1H3. The highest BCUT2D eigenvalue weighted by Crippen LogP contribution is 2.28. The number of carbonyl (C=O) groups excluding carboxylic acids is 2. The predicted octanol–water partition coefficient (Wildman–Crippen LogP) is 4.82. The van der Waals surface area contributed by atoms with Gasteiger partial charge in [-0.3, -0.25) is 4.79 Å². The number of hydrogen-bond acceptors (Lipinski definition) is 5. The van der Waals surface area contributed by atoms with Gasteiger partial charge >= 0.3 is 5.97 Å². The highest BCUT2D eigenvalue weighted by atomic mass is 32.1. The highest BCUT2D eigenvalue weighted by Gasteiger charge is 2.14. The van der Waals surface area contributed by atoms with Crippen LogP contribution >= 0.6 is 11.3 Å². The molecule has 32 heavy (non-hydrogen) atoms. The largest absolute Gasteiger partial charge is 0.452 e. The van der Waals surface area contributed by atoms with Gasteiger partial charge in [0, 0.05) is 30.6 Å². The van der Waals surface area contributed by atoms with E-state index in [0.717, 1.165) is 27.5 Å². The second kappa shape index (κ2) is 9.89. The Morgan fingerprint density at radius 3 is 2.44 bits per heavy atom. The summed E-state index contributed by atoms with van der Waals surface area (Å²) < 4.78 is 6.92. The summed E-state index contributed by atoms with van der Waals surface area (Å²) in [4.78, 5) is 27.0. The van der Waals surface area contributed by atoms with Crippen molar-refractivity contribution in [1.82, 2.24) is 9.78 Å². The molecule has 0 unspecified atom stereocenters. The summed E-state index contributed by atoms with van der Waals surface area (Å²) in [6.07, 6.45) is 4.84. The third-order valence-corrected chi connectivity index (χ3v) is 5.65. The maximum atomic E-state index is 12.3. The fourth-order valence-corrected chi connectivity index (χ4v) is 3.79. The molecule has 2 aromatic heterocycles. The van der Waals surface area contributed by atoms with Crippen LogP contribution < -0.4 is 4.90 Å². The molecular weight excluding hydrogens is 422 g/mol. The SMILES string of the molecule is CN(C(=O)COC(=O)C=Cc1cn(-c2ccccc2)nc1-c1cccs1)c1ccccc1. The lowest BCUT2D eigenvalue weighted by Gasteiger charge is -2.16. The van der Waals surface area contributed by atoms with Gasteiger partial charge in [0.15, 0.2) is 6.61 Å². The molecule has 4 rings (SSSR count). The monoisotopic (exact) mass is 443 g/mol. The van der Waals surface area contributed by atoms with Crippen molar-refractivity contribution in [2.24, 2.45) is 0 Å². The summed E-state index contributed by atoms with van der Waals surface area (Å²) in [5.41, 5.74) is 3.20. The number of rotatable bonds is 7. The average molecular weight is 444 g/mol. The quantitative estimate of drug-likeness (QED) is 0.303. The topological polar surface area (TPSA) is 64.4 Å². The second-order valence-electron chi connectivity index (χ2n) is 6.92. The number of thiophene rings is 1. The van der Waals surface area contributed by atoms with Gasteiger partial charge in [0.2, 0.25) is 0 Å². The first-order chi connectivity index (χ1) is 15.6. The molecule has 0 saturated heterocycles. The van der Waals surface area contributed by atoms with Gasteiger partial charge in [-0.15, -0.1) is 11.3 Å². The maximum absolute atomic E-state index is 12.3. The van der Waals surface area contributed by atoms with E-state index in [2.05, 4.69) is 0 Å². The fraction of sp³-hybridized carbons (Fsp3) is 0.0800. The minimum Gasteiger partial charge on any atom is -0.452 e. The number of esters is 1. The van der Waals surface area contributed by atoms with Crippen LogP contribution in [-0.4, -0.2) is 35.3 Å². The van der Waals surface area contributed by atoms with Gasteiger partial charge in [-0.25, -0.2) is 9.48 Å². The minimum absolute atomic E-state index is 0.311. The molecule has 160 valence electrons. The fourth-order valence-electron chi connectivity index (χ4n) is 3.06. The Kier molecular flexibility index (Phi) is 6.57. The van der Waals surface area contributed by atoms with Crippen molar-refractivity contribution in [3.8, 4) is 16.3 Å². The number of amides is 1. The van der Waals surface area contributed by atoms with Gasteiger partial charge in [0.1, 0.15) is 5.69 Å². The third-order valence-electron chi connectivity index (χ3n) is 4.77. The maximum Gasteiger partial charge on any atom is 0.331 e. The third kappa shape index (κ3) is 5.01.